The van der Waals surface area contributed by atoms with E-state index in [2.05, 4.69) is 27.5 Å². The van der Waals surface area contributed by atoms with Crippen molar-refractivity contribution in [2.24, 2.45) is 4.99 Å². The molecule has 0 radical (unpaired) electrons. The lowest BCUT2D eigenvalue weighted by Gasteiger charge is -2.15. The number of nitrogens with one attached hydrogen (secondary N) is 2. The zero-order valence-corrected chi connectivity index (χ0v) is 18.3. The van der Waals surface area contributed by atoms with Gasteiger partial charge in [0, 0.05) is 38.1 Å². The van der Waals surface area contributed by atoms with E-state index in [1.54, 1.807) is 6.20 Å². The van der Waals surface area contributed by atoms with Gasteiger partial charge in [0.05, 0.1) is 6.54 Å². The third kappa shape index (κ3) is 8.53. The van der Waals surface area contributed by atoms with Crippen molar-refractivity contribution in [2.75, 3.05) is 26.3 Å². The molecule has 6 nitrogen and oxygen atoms in total. The van der Waals surface area contributed by atoms with E-state index in [9.17, 15) is 0 Å². The summed E-state index contributed by atoms with van der Waals surface area (Å²) in [5, 5.41) is 6.61. The average molecular weight is 476 g/mol. The monoisotopic (exact) mass is 476 g/mol. The Bertz CT molecular complexity index is 522. The zero-order valence-electron chi connectivity index (χ0n) is 16.0. The highest BCUT2D eigenvalue weighted by molar-refractivity contribution is 14.0. The summed E-state index contributed by atoms with van der Waals surface area (Å²) in [6.45, 7) is 7.83. The Kier molecular flexibility index (Phi) is 12.4. The highest BCUT2D eigenvalue weighted by atomic mass is 127. The average Bonchev–Trinajstić information content (AvgIpc) is 3.13. The van der Waals surface area contributed by atoms with Crippen molar-refractivity contribution in [1.29, 1.82) is 0 Å². The minimum Gasteiger partial charge on any atom is -0.474 e. The van der Waals surface area contributed by atoms with Gasteiger partial charge in [0.25, 0.3) is 0 Å². The second kappa shape index (κ2) is 14.0. The molecule has 26 heavy (non-hydrogen) atoms. The summed E-state index contributed by atoms with van der Waals surface area (Å²) in [6.07, 6.45) is 7.81. The molecule has 7 heteroatoms. The van der Waals surface area contributed by atoms with Gasteiger partial charge in [0.1, 0.15) is 6.10 Å². The number of halogens is 1. The van der Waals surface area contributed by atoms with Crippen LogP contribution in [0.15, 0.2) is 23.3 Å². The molecule has 0 spiro atoms. The van der Waals surface area contributed by atoms with Crippen LogP contribution in [-0.4, -0.2) is 43.4 Å². The van der Waals surface area contributed by atoms with E-state index in [0.717, 1.165) is 63.0 Å². The fourth-order valence-corrected chi connectivity index (χ4v) is 2.85. The number of aromatic nitrogens is 1. The van der Waals surface area contributed by atoms with Crippen LogP contribution < -0.4 is 15.4 Å². The van der Waals surface area contributed by atoms with Gasteiger partial charge < -0.3 is 20.1 Å². The van der Waals surface area contributed by atoms with Crippen LogP contribution in [0.2, 0.25) is 0 Å². The molecule has 1 aromatic rings. The minimum absolute atomic E-state index is 0. The quantitative estimate of drug-likeness (QED) is 0.234. The Morgan fingerprint density at radius 1 is 1.27 bits per heavy atom. The number of aliphatic imine (C=N–C) groups is 1. The van der Waals surface area contributed by atoms with Crippen molar-refractivity contribution in [3.8, 4) is 5.88 Å². The standard InChI is InChI=1S/C19H32N4O2.HI/c1-3-20-19(22-13-8-14-24-4-2)23-15-16-9-7-12-21-18(16)25-17-10-5-6-11-17;/h7,9,12,17H,3-6,8,10-11,13-15H2,1-2H3,(H2,20,22,23);1H. The Morgan fingerprint density at radius 2 is 2.08 bits per heavy atom. The summed E-state index contributed by atoms with van der Waals surface area (Å²) >= 11 is 0. The number of pyridine rings is 1. The predicted molar refractivity (Wildman–Crippen MR) is 116 cm³/mol. The number of nitrogens with zero attached hydrogens (tertiary/aromatic N) is 2. The summed E-state index contributed by atoms with van der Waals surface area (Å²) in [4.78, 5) is 9.08. The van der Waals surface area contributed by atoms with E-state index >= 15 is 0 Å². The van der Waals surface area contributed by atoms with Crippen molar-refractivity contribution in [3.63, 3.8) is 0 Å². The van der Waals surface area contributed by atoms with Crippen LogP contribution in [-0.2, 0) is 11.3 Å². The highest BCUT2D eigenvalue weighted by Gasteiger charge is 2.18. The van der Waals surface area contributed by atoms with Crippen LogP contribution in [0.1, 0.15) is 51.5 Å². The number of ether oxygens (including phenoxy) is 2. The third-order valence-electron chi connectivity index (χ3n) is 4.14. The fraction of sp³-hybridized carbons (Fsp3) is 0.684. The Hall–Kier alpha value is -1.09. The lowest BCUT2D eigenvalue weighted by molar-refractivity contribution is 0.145. The maximum Gasteiger partial charge on any atom is 0.218 e. The van der Waals surface area contributed by atoms with Crippen molar-refractivity contribution in [3.05, 3.63) is 23.9 Å². The van der Waals surface area contributed by atoms with Gasteiger partial charge in [-0.3, -0.25) is 0 Å². The van der Waals surface area contributed by atoms with E-state index in [1.807, 2.05) is 19.1 Å². The van der Waals surface area contributed by atoms with Gasteiger partial charge in [-0.25, -0.2) is 9.98 Å². The molecule has 0 aromatic carbocycles. The van der Waals surface area contributed by atoms with Crippen molar-refractivity contribution in [1.82, 2.24) is 15.6 Å². The first-order valence-corrected chi connectivity index (χ1v) is 9.54. The van der Waals surface area contributed by atoms with E-state index in [1.165, 1.54) is 12.8 Å². The lowest BCUT2D eigenvalue weighted by atomic mass is 10.2. The van der Waals surface area contributed by atoms with E-state index < -0.39 is 0 Å². The molecule has 0 unspecified atom stereocenters. The van der Waals surface area contributed by atoms with Gasteiger partial charge in [-0.1, -0.05) is 6.07 Å². The summed E-state index contributed by atoms with van der Waals surface area (Å²) in [5.41, 5.74) is 1.03. The predicted octanol–water partition coefficient (Wildman–Crippen LogP) is 3.50. The Labute approximate surface area is 174 Å². The topological polar surface area (TPSA) is 67.8 Å². The van der Waals surface area contributed by atoms with Gasteiger partial charge in [-0.05, 0) is 52.0 Å². The molecular formula is C19H33IN4O2. The van der Waals surface area contributed by atoms with Crippen molar-refractivity contribution < 1.29 is 9.47 Å². The molecule has 0 bridgehead atoms. The molecule has 2 rings (SSSR count). The molecule has 0 saturated heterocycles. The van der Waals surface area contributed by atoms with Gasteiger partial charge in [0.15, 0.2) is 5.96 Å². The SMILES string of the molecule is CCNC(=NCc1cccnc1OC1CCCC1)NCCCOCC.I. The van der Waals surface area contributed by atoms with Crippen LogP contribution in [0.5, 0.6) is 5.88 Å². The minimum atomic E-state index is 0. The summed E-state index contributed by atoms with van der Waals surface area (Å²) < 4.78 is 11.4. The molecule has 1 aliphatic rings. The van der Waals surface area contributed by atoms with Gasteiger partial charge in [-0.15, -0.1) is 24.0 Å². The van der Waals surface area contributed by atoms with Gasteiger partial charge >= 0.3 is 0 Å². The smallest absolute Gasteiger partial charge is 0.218 e. The Balaban J connectivity index is 0.00000338. The normalized spacial score (nSPS) is 14.8. The number of hydrogen-bond acceptors (Lipinski definition) is 4. The van der Waals surface area contributed by atoms with Gasteiger partial charge in [-0.2, -0.15) is 0 Å². The Morgan fingerprint density at radius 3 is 2.81 bits per heavy atom. The molecule has 1 aliphatic carbocycles. The van der Waals surface area contributed by atoms with E-state index in [4.69, 9.17) is 9.47 Å². The molecule has 1 heterocycles. The van der Waals surface area contributed by atoms with Crippen LogP contribution in [0.25, 0.3) is 0 Å². The fourth-order valence-electron chi connectivity index (χ4n) is 2.85. The molecule has 0 amide bonds. The molecule has 1 fully saturated rings. The maximum atomic E-state index is 6.09. The van der Waals surface area contributed by atoms with Crippen LogP contribution in [0, 0.1) is 0 Å². The largest absolute Gasteiger partial charge is 0.474 e. The molecule has 1 aromatic heterocycles. The van der Waals surface area contributed by atoms with Crippen molar-refractivity contribution in [2.45, 2.75) is 58.6 Å². The zero-order chi connectivity index (χ0) is 17.7. The van der Waals surface area contributed by atoms with Crippen LogP contribution in [0.3, 0.4) is 0 Å². The van der Waals surface area contributed by atoms with E-state index in [-0.39, 0.29) is 24.0 Å². The molecule has 1 saturated carbocycles. The second-order valence-electron chi connectivity index (χ2n) is 6.16. The van der Waals surface area contributed by atoms with Gasteiger partial charge in [0.2, 0.25) is 5.88 Å². The first kappa shape index (κ1) is 23.0. The molecule has 148 valence electrons. The highest BCUT2D eigenvalue weighted by Crippen LogP contribution is 2.25. The molecular weight excluding hydrogens is 443 g/mol. The third-order valence-corrected chi connectivity index (χ3v) is 4.14. The number of hydrogen-bond donors (Lipinski definition) is 2. The summed E-state index contributed by atoms with van der Waals surface area (Å²) in [7, 11) is 0. The first-order valence-electron chi connectivity index (χ1n) is 9.54. The molecule has 0 aliphatic heterocycles. The molecule has 2 N–H and O–H groups in total. The summed E-state index contributed by atoms with van der Waals surface area (Å²) in [5.74, 6) is 1.54. The van der Waals surface area contributed by atoms with Crippen LogP contribution in [0.4, 0.5) is 0 Å². The lowest BCUT2D eigenvalue weighted by Crippen LogP contribution is -2.38. The number of guanidine groups is 1. The van der Waals surface area contributed by atoms with Crippen molar-refractivity contribution >= 4 is 29.9 Å². The van der Waals surface area contributed by atoms with Crippen LogP contribution >= 0.6 is 24.0 Å². The van der Waals surface area contributed by atoms with E-state index in [0.29, 0.717) is 12.6 Å². The number of rotatable bonds is 10. The second-order valence-corrected chi connectivity index (χ2v) is 6.16. The summed E-state index contributed by atoms with van der Waals surface area (Å²) in [6, 6.07) is 3.98. The molecule has 0 atom stereocenters. The maximum absolute atomic E-state index is 6.09. The first-order chi connectivity index (χ1) is 12.3.